The van der Waals surface area contributed by atoms with E-state index >= 15 is 0 Å². The van der Waals surface area contributed by atoms with Gasteiger partial charge in [0.15, 0.2) is 0 Å². The Morgan fingerprint density at radius 2 is 1.36 bits per heavy atom. The van der Waals surface area contributed by atoms with E-state index in [1.54, 1.807) is 23.1 Å². The molecule has 0 radical (unpaired) electrons. The van der Waals surface area contributed by atoms with Gasteiger partial charge in [0.05, 0.1) is 6.42 Å². The molecular formula is C22H24Cl2N2O2. The first-order chi connectivity index (χ1) is 13.5. The Labute approximate surface area is 176 Å². The maximum absolute atomic E-state index is 12.6. The van der Waals surface area contributed by atoms with Crippen LogP contribution in [-0.4, -0.2) is 47.8 Å². The van der Waals surface area contributed by atoms with Crippen LogP contribution < -0.4 is 0 Å². The van der Waals surface area contributed by atoms with Crippen molar-refractivity contribution < 1.29 is 9.59 Å². The summed E-state index contributed by atoms with van der Waals surface area (Å²) < 4.78 is 0. The smallest absolute Gasteiger partial charge is 0.227 e. The van der Waals surface area contributed by atoms with Crippen LogP contribution >= 0.6 is 23.2 Å². The van der Waals surface area contributed by atoms with Crippen molar-refractivity contribution in [3.63, 3.8) is 0 Å². The van der Waals surface area contributed by atoms with E-state index in [0.29, 0.717) is 48.2 Å². The van der Waals surface area contributed by atoms with Gasteiger partial charge in [-0.25, -0.2) is 0 Å². The maximum Gasteiger partial charge on any atom is 0.227 e. The molecule has 0 bridgehead atoms. The average molecular weight is 419 g/mol. The first kappa shape index (κ1) is 20.7. The minimum atomic E-state index is -0.00817. The molecule has 6 heteroatoms. The molecule has 0 saturated carbocycles. The number of hydrogen-bond donors (Lipinski definition) is 0. The van der Waals surface area contributed by atoms with E-state index in [9.17, 15) is 9.59 Å². The summed E-state index contributed by atoms with van der Waals surface area (Å²) in [7, 11) is 0. The second kappa shape index (κ2) is 9.94. The van der Waals surface area contributed by atoms with Crippen LogP contribution in [0, 0.1) is 0 Å². The van der Waals surface area contributed by atoms with Gasteiger partial charge in [0.1, 0.15) is 0 Å². The van der Waals surface area contributed by atoms with E-state index in [-0.39, 0.29) is 18.2 Å². The van der Waals surface area contributed by atoms with Gasteiger partial charge in [0.25, 0.3) is 0 Å². The zero-order valence-corrected chi connectivity index (χ0v) is 17.3. The van der Waals surface area contributed by atoms with Gasteiger partial charge in [-0.2, -0.15) is 0 Å². The molecule has 0 N–H and O–H groups in total. The number of nitrogens with zero attached hydrogens (tertiary/aromatic N) is 2. The highest BCUT2D eigenvalue weighted by Crippen LogP contribution is 2.25. The number of benzene rings is 2. The SMILES string of the molecule is O=C(CCCc1ccccc1)N1CCN(C(=O)Cc2c(Cl)cccc2Cl)CC1. The molecule has 0 spiro atoms. The van der Waals surface area contributed by atoms with Gasteiger partial charge < -0.3 is 9.80 Å². The van der Waals surface area contributed by atoms with Crippen molar-refractivity contribution in [2.45, 2.75) is 25.7 Å². The molecule has 0 unspecified atom stereocenters. The third kappa shape index (κ3) is 5.49. The van der Waals surface area contributed by atoms with E-state index in [4.69, 9.17) is 23.2 Å². The number of halogens is 2. The predicted molar refractivity (Wildman–Crippen MR) is 113 cm³/mol. The Balaban J connectivity index is 1.43. The number of carbonyl (C=O) groups excluding carboxylic acids is 2. The molecule has 3 rings (SSSR count). The van der Waals surface area contributed by atoms with Crippen LogP contribution in [0.3, 0.4) is 0 Å². The summed E-state index contributed by atoms with van der Waals surface area (Å²) >= 11 is 12.3. The van der Waals surface area contributed by atoms with Gasteiger partial charge in [-0.15, -0.1) is 0 Å². The van der Waals surface area contributed by atoms with Gasteiger partial charge in [0, 0.05) is 42.6 Å². The van der Waals surface area contributed by atoms with Crippen molar-refractivity contribution in [1.29, 1.82) is 0 Å². The quantitative estimate of drug-likeness (QED) is 0.703. The lowest BCUT2D eigenvalue weighted by molar-refractivity contribution is -0.139. The predicted octanol–water partition coefficient (Wildman–Crippen LogP) is 4.23. The van der Waals surface area contributed by atoms with Gasteiger partial charge in [-0.05, 0) is 36.1 Å². The average Bonchev–Trinajstić information content (AvgIpc) is 2.71. The molecule has 2 aromatic carbocycles. The van der Waals surface area contributed by atoms with Crippen molar-refractivity contribution in [2.24, 2.45) is 0 Å². The van der Waals surface area contributed by atoms with Crippen molar-refractivity contribution in [3.8, 4) is 0 Å². The van der Waals surface area contributed by atoms with E-state index < -0.39 is 0 Å². The molecule has 2 amide bonds. The van der Waals surface area contributed by atoms with Crippen LogP contribution in [0.4, 0.5) is 0 Å². The molecule has 1 saturated heterocycles. The Morgan fingerprint density at radius 3 is 1.96 bits per heavy atom. The van der Waals surface area contributed by atoms with Crippen LogP contribution in [-0.2, 0) is 22.4 Å². The minimum Gasteiger partial charge on any atom is -0.339 e. The van der Waals surface area contributed by atoms with Crippen LogP contribution in [0.5, 0.6) is 0 Å². The highest BCUT2D eigenvalue weighted by atomic mass is 35.5. The van der Waals surface area contributed by atoms with Crippen molar-refractivity contribution in [3.05, 3.63) is 69.7 Å². The molecule has 28 heavy (non-hydrogen) atoms. The Morgan fingerprint density at radius 1 is 0.786 bits per heavy atom. The Bertz CT molecular complexity index is 798. The molecule has 1 heterocycles. The van der Waals surface area contributed by atoms with Crippen LogP contribution in [0.1, 0.15) is 24.0 Å². The lowest BCUT2D eigenvalue weighted by atomic mass is 10.1. The van der Waals surface area contributed by atoms with Crippen LogP contribution in [0.15, 0.2) is 48.5 Å². The second-order valence-electron chi connectivity index (χ2n) is 6.98. The van der Waals surface area contributed by atoms with Gasteiger partial charge in [-0.1, -0.05) is 59.6 Å². The van der Waals surface area contributed by atoms with Crippen molar-refractivity contribution in [2.75, 3.05) is 26.2 Å². The zero-order chi connectivity index (χ0) is 19.9. The van der Waals surface area contributed by atoms with Crippen LogP contribution in [0.25, 0.3) is 0 Å². The number of aryl methyl sites for hydroxylation is 1. The Hall–Kier alpha value is -2.04. The van der Waals surface area contributed by atoms with Crippen molar-refractivity contribution in [1.82, 2.24) is 9.80 Å². The highest BCUT2D eigenvalue weighted by molar-refractivity contribution is 6.36. The van der Waals surface area contributed by atoms with E-state index in [2.05, 4.69) is 12.1 Å². The zero-order valence-electron chi connectivity index (χ0n) is 15.7. The largest absolute Gasteiger partial charge is 0.339 e. The molecule has 148 valence electrons. The summed E-state index contributed by atoms with van der Waals surface area (Å²) in [5.74, 6) is 0.156. The topological polar surface area (TPSA) is 40.6 Å². The van der Waals surface area contributed by atoms with E-state index in [0.717, 1.165) is 12.8 Å². The standard InChI is InChI=1S/C22H24Cl2N2O2/c23-19-9-5-10-20(24)18(19)16-22(28)26-14-12-25(13-15-26)21(27)11-4-8-17-6-2-1-3-7-17/h1-3,5-7,9-10H,4,8,11-16H2. The summed E-state index contributed by atoms with van der Waals surface area (Å²) in [6.07, 6.45) is 2.47. The van der Waals surface area contributed by atoms with E-state index in [1.165, 1.54) is 5.56 Å². The lowest BCUT2D eigenvalue weighted by Crippen LogP contribution is -2.51. The minimum absolute atomic E-state index is 0.00817. The highest BCUT2D eigenvalue weighted by Gasteiger charge is 2.24. The maximum atomic E-state index is 12.6. The van der Waals surface area contributed by atoms with Crippen LogP contribution in [0.2, 0.25) is 10.0 Å². The normalized spacial score (nSPS) is 14.2. The fraction of sp³-hybridized carbons (Fsp3) is 0.364. The van der Waals surface area contributed by atoms with E-state index in [1.807, 2.05) is 23.1 Å². The summed E-state index contributed by atoms with van der Waals surface area (Å²) in [6, 6.07) is 15.4. The molecule has 1 fully saturated rings. The van der Waals surface area contributed by atoms with Gasteiger partial charge in [0.2, 0.25) is 11.8 Å². The third-order valence-electron chi connectivity index (χ3n) is 5.07. The van der Waals surface area contributed by atoms with Gasteiger partial charge >= 0.3 is 0 Å². The molecule has 0 atom stereocenters. The molecule has 0 aliphatic carbocycles. The Kier molecular flexibility index (Phi) is 7.35. The molecular weight excluding hydrogens is 395 g/mol. The number of piperazine rings is 1. The first-order valence-electron chi connectivity index (χ1n) is 9.57. The molecule has 0 aromatic heterocycles. The fourth-order valence-corrected chi connectivity index (χ4v) is 3.95. The summed E-state index contributed by atoms with van der Waals surface area (Å²) in [5, 5.41) is 1.01. The number of carbonyl (C=O) groups is 2. The number of hydrogen-bond acceptors (Lipinski definition) is 2. The monoisotopic (exact) mass is 418 g/mol. The molecule has 4 nitrogen and oxygen atoms in total. The fourth-order valence-electron chi connectivity index (χ4n) is 3.42. The van der Waals surface area contributed by atoms with Crippen molar-refractivity contribution >= 4 is 35.0 Å². The molecule has 1 aliphatic heterocycles. The van der Waals surface area contributed by atoms with Gasteiger partial charge in [-0.3, -0.25) is 9.59 Å². The molecule has 2 aromatic rings. The third-order valence-corrected chi connectivity index (χ3v) is 5.78. The lowest BCUT2D eigenvalue weighted by Gasteiger charge is -2.35. The summed E-state index contributed by atoms with van der Waals surface area (Å²) in [5.41, 5.74) is 1.92. The summed E-state index contributed by atoms with van der Waals surface area (Å²) in [4.78, 5) is 28.7. The number of amides is 2. The number of rotatable bonds is 6. The second-order valence-corrected chi connectivity index (χ2v) is 7.79. The molecule has 1 aliphatic rings. The summed E-state index contributed by atoms with van der Waals surface area (Å²) in [6.45, 7) is 2.25. The first-order valence-corrected chi connectivity index (χ1v) is 10.3.